The van der Waals surface area contributed by atoms with Crippen molar-refractivity contribution in [2.24, 2.45) is 0 Å². The average molecular weight is 620 g/mol. The Hall–Kier alpha value is -4.87. The summed E-state index contributed by atoms with van der Waals surface area (Å²) in [5.74, 6) is 1.36. The zero-order chi connectivity index (χ0) is 31.6. The van der Waals surface area contributed by atoms with E-state index in [4.69, 9.17) is 21.1 Å². The molecule has 1 amide bonds. The molecule has 0 aliphatic carbocycles. The molecule has 1 aromatic heterocycles. The smallest absolute Gasteiger partial charge is 0.247 e. The van der Waals surface area contributed by atoms with Gasteiger partial charge in [0.05, 0.1) is 29.2 Å². The van der Waals surface area contributed by atoms with E-state index in [0.29, 0.717) is 50.8 Å². The monoisotopic (exact) mass is 619 g/mol. The summed E-state index contributed by atoms with van der Waals surface area (Å²) in [6.07, 6.45) is 2.64. The molecule has 3 aromatic carbocycles. The molecule has 0 spiro atoms. The first-order valence-electron chi connectivity index (χ1n) is 13.7. The van der Waals surface area contributed by atoms with Crippen LogP contribution in [-0.2, 0) is 11.4 Å². The van der Waals surface area contributed by atoms with E-state index in [-0.39, 0.29) is 18.3 Å². The number of aromatic nitrogens is 2. The first kappa shape index (κ1) is 32.1. The zero-order valence-corrected chi connectivity index (χ0v) is 25.8. The van der Waals surface area contributed by atoms with Crippen molar-refractivity contribution < 1.29 is 18.7 Å². The van der Waals surface area contributed by atoms with Gasteiger partial charge in [-0.15, -0.1) is 0 Å². The molecule has 0 saturated carbocycles. The van der Waals surface area contributed by atoms with Crippen LogP contribution in [0.3, 0.4) is 0 Å². The molecule has 0 aliphatic rings. The Labute approximate surface area is 261 Å². The summed E-state index contributed by atoms with van der Waals surface area (Å²) in [5, 5.41) is 9.74. The molecule has 230 valence electrons. The number of methoxy groups -OCH3 is 1. The summed E-state index contributed by atoms with van der Waals surface area (Å²) in [6, 6.07) is 16.8. The van der Waals surface area contributed by atoms with Crippen LogP contribution in [0.2, 0.25) is 5.02 Å². The fourth-order valence-electron chi connectivity index (χ4n) is 4.17. The highest BCUT2D eigenvalue weighted by molar-refractivity contribution is 6.32. The second-order valence-corrected chi connectivity index (χ2v) is 10.5. The Balaban J connectivity index is 1.51. The van der Waals surface area contributed by atoms with E-state index < -0.39 is 0 Å². The van der Waals surface area contributed by atoms with Gasteiger partial charge in [-0.3, -0.25) is 4.79 Å². The number of benzene rings is 3. The molecule has 1 heterocycles. The van der Waals surface area contributed by atoms with Gasteiger partial charge < -0.3 is 35.2 Å². The molecule has 12 heteroatoms. The number of likely N-dealkylation sites (N-methyl/N-ethyl adjacent to an activating group) is 2. The van der Waals surface area contributed by atoms with E-state index in [0.717, 1.165) is 18.8 Å². The van der Waals surface area contributed by atoms with E-state index in [2.05, 4.69) is 37.4 Å². The molecule has 0 unspecified atom stereocenters. The van der Waals surface area contributed by atoms with Crippen molar-refractivity contribution >= 4 is 51.9 Å². The van der Waals surface area contributed by atoms with Crippen LogP contribution in [0, 0.1) is 5.82 Å². The van der Waals surface area contributed by atoms with Gasteiger partial charge in [0.1, 0.15) is 41.9 Å². The Kier molecular flexibility index (Phi) is 11.0. The lowest BCUT2D eigenvalue weighted by Gasteiger charge is -2.26. The number of nitrogens with one attached hydrogen (secondary N) is 3. The third-order valence-electron chi connectivity index (χ3n) is 6.47. The Morgan fingerprint density at radius 2 is 1.75 bits per heavy atom. The SMILES string of the molecule is C=CC(=O)Nc1cc(Nc2cc(Nc3ccc(OCc4cccc(F)c4)c(Cl)c3)ncn2)c(OC)cc1N(C)CCN(C)C. The van der Waals surface area contributed by atoms with Gasteiger partial charge in [0.2, 0.25) is 5.91 Å². The minimum Gasteiger partial charge on any atom is -0.494 e. The molecule has 4 aromatic rings. The van der Waals surface area contributed by atoms with Crippen LogP contribution in [0.15, 0.2) is 79.6 Å². The number of hydrogen-bond donors (Lipinski definition) is 3. The summed E-state index contributed by atoms with van der Waals surface area (Å²) in [4.78, 5) is 25.0. The average Bonchev–Trinajstić information content (AvgIpc) is 2.99. The van der Waals surface area contributed by atoms with Gasteiger partial charge >= 0.3 is 0 Å². The fraction of sp³-hybridized carbons (Fsp3) is 0.219. The molecule has 44 heavy (non-hydrogen) atoms. The molecule has 4 rings (SSSR count). The number of carbonyl (C=O) groups excluding carboxylic acids is 1. The third kappa shape index (κ3) is 8.82. The quantitative estimate of drug-likeness (QED) is 0.137. The number of anilines is 6. The number of rotatable bonds is 14. The van der Waals surface area contributed by atoms with Gasteiger partial charge in [0.25, 0.3) is 0 Å². The van der Waals surface area contributed by atoms with Crippen molar-refractivity contribution in [3.8, 4) is 11.5 Å². The van der Waals surface area contributed by atoms with E-state index in [1.165, 1.54) is 24.5 Å². The van der Waals surface area contributed by atoms with Crippen LogP contribution in [0.4, 0.5) is 38.8 Å². The lowest BCUT2D eigenvalue weighted by Crippen LogP contribution is -2.29. The molecular formula is C32H35ClFN7O3. The summed E-state index contributed by atoms with van der Waals surface area (Å²) >= 11 is 6.46. The van der Waals surface area contributed by atoms with Crippen LogP contribution in [0.5, 0.6) is 11.5 Å². The molecule has 3 N–H and O–H groups in total. The molecule has 0 fully saturated rings. The number of amides is 1. The van der Waals surface area contributed by atoms with Crippen LogP contribution >= 0.6 is 11.6 Å². The number of carbonyl (C=O) groups is 1. The molecule has 10 nitrogen and oxygen atoms in total. The van der Waals surface area contributed by atoms with Gasteiger partial charge in [-0.1, -0.05) is 30.3 Å². The van der Waals surface area contributed by atoms with E-state index >= 15 is 0 Å². The number of nitrogens with zero attached hydrogens (tertiary/aromatic N) is 4. The lowest BCUT2D eigenvalue weighted by molar-refractivity contribution is -0.111. The Bertz CT molecular complexity index is 1620. The molecule has 0 aliphatic heterocycles. The van der Waals surface area contributed by atoms with Crippen molar-refractivity contribution in [1.29, 1.82) is 0 Å². The Morgan fingerprint density at radius 3 is 2.43 bits per heavy atom. The van der Waals surface area contributed by atoms with Crippen molar-refractivity contribution in [3.05, 3.63) is 96.0 Å². The minimum absolute atomic E-state index is 0.182. The first-order valence-corrected chi connectivity index (χ1v) is 14.1. The van der Waals surface area contributed by atoms with Crippen molar-refractivity contribution in [3.63, 3.8) is 0 Å². The summed E-state index contributed by atoms with van der Waals surface area (Å²) in [7, 11) is 7.53. The number of ether oxygens (including phenoxy) is 2. The predicted molar refractivity (Wildman–Crippen MR) is 174 cm³/mol. The largest absolute Gasteiger partial charge is 0.494 e. The van der Waals surface area contributed by atoms with Crippen molar-refractivity contribution in [1.82, 2.24) is 14.9 Å². The third-order valence-corrected chi connectivity index (χ3v) is 6.77. The van der Waals surface area contributed by atoms with Crippen molar-refractivity contribution in [2.45, 2.75) is 6.61 Å². The first-order chi connectivity index (χ1) is 21.1. The van der Waals surface area contributed by atoms with E-state index in [1.54, 1.807) is 49.6 Å². The topological polar surface area (TPSA) is 104 Å². The highest BCUT2D eigenvalue weighted by Gasteiger charge is 2.16. The van der Waals surface area contributed by atoms with Crippen LogP contribution < -0.4 is 30.3 Å². The number of hydrogen-bond acceptors (Lipinski definition) is 9. The number of halogens is 2. The summed E-state index contributed by atoms with van der Waals surface area (Å²) in [5.41, 5.74) is 3.33. The maximum Gasteiger partial charge on any atom is 0.247 e. The summed E-state index contributed by atoms with van der Waals surface area (Å²) in [6.45, 7) is 5.30. The van der Waals surface area contributed by atoms with Crippen LogP contribution in [0.1, 0.15) is 5.56 Å². The van der Waals surface area contributed by atoms with Gasteiger partial charge in [0, 0.05) is 38.0 Å². The minimum atomic E-state index is -0.332. The maximum atomic E-state index is 13.5. The summed E-state index contributed by atoms with van der Waals surface area (Å²) < 4.78 is 24.9. The molecule has 0 bridgehead atoms. The highest BCUT2D eigenvalue weighted by Crippen LogP contribution is 2.38. The zero-order valence-electron chi connectivity index (χ0n) is 25.0. The van der Waals surface area contributed by atoms with E-state index in [9.17, 15) is 9.18 Å². The molecule has 0 saturated heterocycles. The molecule has 0 radical (unpaired) electrons. The predicted octanol–water partition coefficient (Wildman–Crippen LogP) is 6.47. The van der Waals surface area contributed by atoms with Crippen LogP contribution in [0.25, 0.3) is 0 Å². The highest BCUT2D eigenvalue weighted by atomic mass is 35.5. The van der Waals surface area contributed by atoms with Gasteiger partial charge in [-0.25, -0.2) is 14.4 Å². The molecular weight excluding hydrogens is 585 g/mol. The lowest BCUT2D eigenvalue weighted by atomic mass is 10.2. The van der Waals surface area contributed by atoms with Gasteiger partial charge in [-0.2, -0.15) is 0 Å². The van der Waals surface area contributed by atoms with Crippen LogP contribution in [-0.4, -0.2) is 62.1 Å². The maximum absolute atomic E-state index is 13.5. The second kappa shape index (κ2) is 15.0. The second-order valence-electron chi connectivity index (χ2n) is 10.1. The van der Waals surface area contributed by atoms with Gasteiger partial charge in [0.15, 0.2) is 0 Å². The van der Waals surface area contributed by atoms with Gasteiger partial charge in [-0.05, 0) is 62.1 Å². The van der Waals surface area contributed by atoms with Crippen molar-refractivity contribution in [2.75, 3.05) is 62.2 Å². The standard InChI is InChI=1S/C32H35ClFN7O3/c1-6-32(42)39-25-16-26(29(43-5)17-27(25)41(4)13-12-40(2)3)38-31-18-30(35-20-36-31)37-23-10-11-28(24(33)15-23)44-19-21-8-7-9-22(34)14-21/h6-11,14-18,20H,1,12-13,19H2,2-5H3,(H,39,42)(H2,35,36,37,38). The normalized spacial score (nSPS) is 10.7. The Morgan fingerprint density at radius 1 is 0.977 bits per heavy atom. The fourth-order valence-corrected chi connectivity index (χ4v) is 4.40. The molecule has 0 atom stereocenters. The van der Waals surface area contributed by atoms with E-state index in [1.807, 2.05) is 32.1 Å².